The molecule has 0 unspecified atom stereocenters. The molecule has 0 amide bonds. The van der Waals surface area contributed by atoms with Crippen LogP contribution in [0.4, 0.5) is 5.69 Å². The van der Waals surface area contributed by atoms with E-state index < -0.39 is 0 Å². The van der Waals surface area contributed by atoms with E-state index >= 15 is 0 Å². The fourth-order valence-corrected chi connectivity index (χ4v) is 1.12. The van der Waals surface area contributed by atoms with Gasteiger partial charge in [-0.3, -0.25) is 5.43 Å². The molecule has 1 heterocycles. The number of hydrogen-bond acceptors (Lipinski definition) is 3. The molecule has 0 spiro atoms. The highest BCUT2D eigenvalue weighted by atomic mass is 16.5. The van der Waals surface area contributed by atoms with Gasteiger partial charge in [-0.05, 0) is 24.6 Å². The molecule has 68 valence electrons. The second-order valence-corrected chi connectivity index (χ2v) is 3.15. The molecule has 1 saturated heterocycles. The molecule has 0 aromatic heterocycles. The number of nitrogens with zero attached hydrogens (tertiary/aromatic N) is 1. The fourth-order valence-electron chi connectivity index (χ4n) is 1.12. The fraction of sp³-hybridized carbons (Fsp3) is 0.300. The van der Waals surface area contributed by atoms with Crippen LogP contribution < -0.4 is 5.43 Å². The number of nitrogens with one attached hydrogen (secondary N) is 1. The number of aryl methyl sites for hydroxylation is 1. The minimum atomic E-state index is 0.665. The number of anilines is 1. The lowest BCUT2D eigenvalue weighted by Gasteiger charge is -2.15. The Bertz CT molecular complexity index is 327. The third kappa shape index (κ3) is 2.06. The molecule has 3 nitrogen and oxygen atoms in total. The first-order chi connectivity index (χ1) is 6.34. The summed E-state index contributed by atoms with van der Waals surface area (Å²) in [6.45, 7) is 3.39. The summed E-state index contributed by atoms with van der Waals surface area (Å²) >= 11 is 0. The van der Waals surface area contributed by atoms with Crippen LogP contribution in [0.25, 0.3) is 0 Å². The van der Waals surface area contributed by atoms with Gasteiger partial charge in [0.2, 0.25) is 0 Å². The minimum Gasteiger partial charge on any atom is -0.369 e. The van der Waals surface area contributed by atoms with Crippen LogP contribution in [0.5, 0.6) is 0 Å². The van der Waals surface area contributed by atoms with Crippen molar-refractivity contribution in [2.75, 3.05) is 18.6 Å². The predicted octanol–water partition coefficient (Wildman–Crippen LogP) is 1.79. The van der Waals surface area contributed by atoms with Crippen LogP contribution in [0.2, 0.25) is 0 Å². The topological polar surface area (TPSA) is 33.6 Å². The second-order valence-electron chi connectivity index (χ2n) is 3.15. The zero-order valence-electron chi connectivity index (χ0n) is 7.58. The van der Waals surface area contributed by atoms with Crippen molar-refractivity contribution in [3.63, 3.8) is 0 Å². The SMILES string of the molecule is Cc1cccc(NN=C2COC2)c1. The molecule has 1 aliphatic heterocycles. The molecule has 0 atom stereocenters. The largest absolute Gasteiger partial charge is 0.369 e. The number of benzene rings is 1. The van der Waals surface area contributed by atoms with Gasteiger partial charge in [0.1, 0.15) is 0 Å². The molecule has 0 saturated carbocycles. The van der Waals surface area contributed by atoms with Gasteiger partial charge in [-0.2, -0.15) is 5.10 Å². The Labute approximate surface area is 77.4 Å². The Hall–Kier alpha value is -1.35. The predicted molar refractivity (Wildman–Crippen MR) is 53.1 cm³/mol. The standard InChI is InChI=1S/C10H12N2O/c1-8-3-2-4-9(5-8)11-12-10-6-13-7-10/h2-5,11H,6-7H2,1H3. The third-order valence-electron chi connectivity index (χ3n) is 1.90. The van der Waals surface area contributed by atoms with E-state index in [-0.39, 0.29) is 0 Å². The van der Waals surface area contributed by atoms with Gasteiger partial charge in [-0.15, -0.1) is 0 Å². The van der Waals surface area contributed by atoms with Gasteiger partial charge < -0.3 is 4.74 Å². The summed E-state index contributed by atoms with van der Waals surface area (Å²) < 4.78 is 4.98. The van der Waals surface area contributed by atoms with Crippen molar-refractivity contribution in [1.82, 2.24) is 0 Å². The van der Waals surface area contributed by atoms with Crippen LogP contribution >= 0.6 is 0 Å². The maximum Gasteiger partial charge on any atom is 0.0896 e. The lowest BCUT2D eigenvalue weighted by Crippen LogP contribution is -2.28. The van der Waals surface area contributed by atoms with E-state index in [2.05, 4.69) is 29.6 Å². The summed E-state index contributed by atoms with van der Waals surface area (Å²) in [5, 5.41) is 4.18. The van der Waals surface area contributed by atoms with E-state index in [1.165, 1.54) is 5.56 Å². The molecule has 13 heavy (non-hydrogen) atoms. The van der Waals surface area contributed by atoms with E-state index in [4.69, 9.17) is 4.74 Å². The number of rotatable bonds is 2. The van der Waals surface area contributed by atoms with Crippen LogP contribution in [-0.2, 0) is 4.74 Å². The molecule has 1 aromatic rings. The van der Waals surface area contributed by atoms with Crippen molar-refractivity contribution in [1.29, 1.82) is 0 Å². The van der Waals surface area contributed by atoms with Gasteiger partial charge in [-0.1, -0.05) is 12.1 Å². The van der Waals surface area contributed by atoms with Gasteiger partial charge in [0, 0.05) is 0 Å². The first-order valence-corrected chi connectivity index (χ1v) is 4.30. The van der Waals surface area contributed by atoms with Crippen LogP contribution in [0.15, 0.2) is 29.4 Å². The Morgan fingerprint density at radius 3 is 2.85 bits per heavy atom. The van der Waals surface area contributed by atoms with Crippen LogP contribution in [0.1, 0.15) is 5.56 Å². The Morgan fingerprint density at radius 2 is 2.23 bits per heavy atom. The summed E-state index contributed by atoms with van der Waals surface area (Å²) in [6, 6.07) is 8.13. The number of ether oxygens (including phenoxy) is 1. The zero-order valence-corrected chi connectivity index (χ0v) is 7.58. The normalized spacial score (nSPS) is 15.0. The van der Waals surface area contributed by atoms with E-state index in [0.717, 1.165) is 11.4 Å². The zero-order chi connectivity index (χ0) is 9.10. The van der Waals surface area contributed by atoms with Gasteiger partial charge in [-0.25, -0.2) is 0 Å². The highest BCUT2D eigenvalue weighted by Gasteiger charge is 2.09. The molecular formula is C10H12N2O. The average Bonchev–Trinajstić information content (AvgIpc) is 2.01. The van der Waals surface area contributed by atoms with Crippen molar-refractivity contribution in [2.24, 2.45) is 5.10 Å². The van der Waals surface area contributed by atoms with Crippen LogP contribution in [-0.4, -0.2) is 18.9 Å². The molecule has 1 fully saturated rings. The summed E-state index contributed by atoms with van der Waals surface area (Å²) in [7, 11) is 0. The third-order valence-corrected chi connectivity index (χ3v) is 1.90. The molecule has 1 aromatic carbocycles. The summed E-state index contributed by atoms with van der Waals surface area (Å²) in [4.78, 5) is 0. The van der Waals surface area contributed by atoms with Crippen LogP contribution in [0, 0.1) is 6.92 Å². The average molecular weight is 176 g/mol. The van der Waals surface area contributed by atoms with E-state index in [1.54, 1.807) is 0 Å². The minimum absolute atomic E-state index is 0.665. The molecule has 0 bridgehead atoms. The van der Waals surface area contributed by atoms with Crippen molar-refractivity contribution >= 4 is 11.4 Å². The van der Waals surface area contributed by atoms with Gasteiger partial charge in [0.15, 0.2) is 0 Å². The highest BCUT2D eigenvalue weighted by molar-refractivity contribution is 5.91. The van der Waals surface area contributed by atoms with Gasteiger partial charge >= 0.3 is 0 Å². The molecule has 0 radical (unpaired) electrons. The van der Waals surface area contributed by atoms with Crippen molar-refractivity contribution in [2.45, 2.75) is 6.92 Å². The summed E-state index contributed by atoms with van der Waals surface area (Å²) in [5.41, 5.74) is 6.32. The van der Waals surface area contributed by atoms with Crippen molar-refractivity contribution in [3.8, 4) is 0 Å². The Morgan fingerprint density at radius 1 is 1.38 bits per heavy atom. The van der Waals surface area contributed by atoms with Crippen molar-refractivity contribution < 1.29 is 4.74 Å². The Balaban J connectivity index is 2.01. The van der Waals surface area contributed by atoms with Crippen molar-refractivity contribution in [3.05, 3.63) is 29.8 Å². The van der Waals surface area contributed by atoms with E-state index in [1.807, 2.05) is 12.1 Å². The Kier molecular flexibility index (Phi) is 2.27. The van der Waals surface area contributed by atoms with E-state index in [0.29, 0.717) is 13.2 Å². The lowest BCUT2D eigenvalue weighted by molar-refractivity contribution is 0.159. The first kappa shape index (κ1) is 8.26. The number of hydrogen-bond donors (Lipinski definition) is 1. The smallest absolute Gasteiger partial charge is 0.0896 e. The maximum atomic E-state index is 4.98. The monoisotopic (exact) mass is 176 g/mol. The first-order valence-electron chi connectivity index (χ1n) is 4.30. The van der Waals surface area contributed by atoms with E-state index in [9.17, 15) is 0 Å². The summed E-state index contributed by atoms with van der Waals surface area (Å²) in [6.07, 6.45) is 0. The molecule has 0 aliphatic carbocycles. The molecular weight excluding hydrogens is 164 g/mol. The summed E-state index contributed by atoms with van der Waals surface area (Å²) in [5.74, 6) is 0. The molecule has 2 rings (SSSR count). The maximum absolute atomic E-state index is 4.98. The molecule has 1 aliphatic rings. The quantitative estimate of drug-likeness (QED) is 0.697. The van der Waals surface area contributed by atoms with Gasteiger partial charge in [0.25, 0.3) is 0 Å². The lowest BCUT2D eigenvalue weighted by atomic mass is 10.2. The highest BCUT2D eigenvalue weighted by Crippen LogP contribution is 2.09. The second kappa shape index (κ2) is 3.58. The number of hydrazone groups is 1. The van der Waals surface area contributed by atoms with Crippen LogP contribution in [0.3, 0.4) is 0 Å². The van der Waals surface area contributed by atoms with Gasteiger partial charge in [0.05, 0.1) is 24.6 Å². The molecule has 1 N–H and O–H groups in total. The molecule has 3 heteroatoms.